The molecule has 0 atom stereocenters. The monoisotopic (exact) mass is 289 g/mol. The summed E-state index contributed by atoms with van der Waals surface area (Å²) < 4.78 is 5.67. The van der Waals surface area contributed by atoms with Gasteiger partial charge in [0.15, 0.2) is 5.96 Å². The van der Waals surface area contributed by atoms with Crippen molar-refractivity contribution in [1.82, 2.24) is 10.6 Å². The summed E-state index contributed by atoms with van der Waals surface area (Å²) in [6, 6.07) is 10.6. The zero-order valence-electron chi connectivity index (χ0n) is 13.0. The van der Waals surface area contributed by atoms with Crippen LogP contribution in [-0.2, 0) is 0 Å². The summed E-state index contributed by atoms with van der Waals surface area (Å²) in [6.45, 7) is 1.70. The number of para-hydroxylation sites is 1. The number of aliphatic imine (C=N–C) groups is 1. The van der Waals surface area contributed by atoms with Crippen LogP contribution in [0.3, 0.4) is 0 Å². The third-order valence-electron chi connectivity index (χ3n) is 3.80. The fraction of sp³-hybridized carbons (Fsp3) is 0.588. The molecule has 0 bridgehead atoms. The molecule has 1 fully saturated rings. The maximum absolute atomic E-state index is 5.67. The number of nitrogens with one attached hydrogen (secondary N) is 2. The molecule has 0 spiro atoms. The molecule has 116 valence electrons. The van der Waals surface area contributed by atoms with Crippen LogP contribution < -0.4 is 15.4 Å². The van der Waals surface area contributed by atoms with Gasteiger partial charge in [0.2, 0.25) is 0 Å². The number of benzene rings is 1. The van der Waals surface area contributed by atoms with Gasteiger partial charge in [-0.2, -0.15) is 0 Å². The lowest BCUT2D eigenvalue weighted by Gasteiger charge is -2.16. The van der Waals surface area contributed by atoms with Crippen LogP contribution in [0, 0.1) is 0 Å². The highest BCUT2D eigenvalue weighted by atomic mass is 16.5. The molecule has 0 unspecified atom stereocenters. The number of rotatable bonds is 7. The Hall–Kier alpha value is -1.71. The van der Waals surface area contributed by atoms with Crippen molar-refractivity contribution >= 4 is 5.96 Å². The van der Waals surface area contributed by atoms with E-state index < -0.39 is 0 Å². The molecule has 0 aromatic heterocycles. The van der Waals surface area contributed by atoms with Gasteiger partial charge >= 0.3 is 0 Å². The molecule has 1 aromatic carbocycles. The molecule has 0 saturated heterocycles. The minimum Gasteiger partial charge on any atom is -0.494 e. The van der Waals surface area contributed by atoms with E-state index in [4.69, 9.17) is 4.74 Å². The molecule has 4 heteroatoms. The summed E-state index contributed by atoms with van der Waals surface area (Å²) in [5.74, 6) is 1.88. The smallest absolute Gasteiger partial charge is 0.191 e. The Morgan fingerprint density at radius 1 is 1.19 bits per heavy atom. The molecule has 4 nitrogen and oxygen atoms in total. The van der Waals surface area contributed by atoms with Gasteiger partial charge in [0.25, 0.3) is 0 Å². The summed E-state index contributed by atoms with van der Waals surface area (Å²) in [6.07, 6.45) is 7.34. The summed E-state index contributed by atoms with van der Waals surface area (Å²) in [5.41, 5.74) is 0. The predicted octanol–water partition coefficient (Wildman–Crippen LogP) is 2.95. The van der Waals surface area contributed by atoms with E-state index in [1.807, 2.05) is 37.4 Å². The van der Waals surface area contributed by atoms with Crippen molar-refractivity contribution < 1.29 is 4.74 Å². The maximum Gasteiger partial charge on any atom is 0.191 e. The first kappa shape index (κ1) is 15.7. The zero-order chi connectivity index (χ0) is 14.8. The van der Waals surface area contributed by atoms with E-state index in [0.717, 1.165) is 37.7 Å². The van der Waals surface area contributed by atoms with Gasteiger partial charge in [0, 0.05) is 19.6 Å². The second kappa shape index (κ2) is 9.27. The Labute approximate surface area is 128 Å². The average molecular weight is 289 g/mol. The van der Waals surface area contributed by atoms with Crippen LogP contribution in [-0.4, -0.2) is 32.2 Å². The zero-order valence-corrected chi connectivity index (χ0v) is 13.0. The fourth-order valence-electron chi connectivity index (χ4n) is 2.60. The van der Waals surface area contributed by atoms with E-state index >= 15 is 0 Å². The Kier molecular flexibility index (Phi) is 6.92. The summed E-state index contributed by atoms with van der Waals surface area (Å²) in [5, 5.41) is 6.87. The van der Waals surface area contributed by atoms with Gasteiger partial charge in [-0.25, -0.2) is 0 Å². The number of hydrogen-bond acceptors (Lipinski definition) is 2. The number of hydrogen-bond donors (Lipinski definition) is 2. The second-order valence-electron chi connectivity index (χ2n) is 5.49. The maximum atomic E-state index is 5.67. The topological polar surface area (TPSA) is 45.7 Å². The molecule has 21 heavy (non-hydrogen) atoms. The lowest BCUT2D eigenvalue weighted by Crippen LogP contribution is -2.42. The lowest BCUT2D eigenvalue weighted by atomic mass is 10.2. The molecule has 0 heterocycles. The van der Waals surface area contributed by atoms with Crippen molar-refractivity contribution in [2.24, 2.45) is 4.99 Å². The first-order valence-electron chi connectivity index (χ1n) is 8.03. The van der Waals surface area contributed by atoms with Crippen LogP contribution in [0.15, 0.2) is 35.3 Å². The minimum atomic E-state index is 0.609. The summed E-state index contributed by atoms with van der Waals surface area (Å²) >= 11 is 0. The number of nitrogens with zero attached hydrogens (tertiary/aromatic N) is 1. The molecule has 1 aliphatic rings. The summed E-state index contributed by atoms with van der Waals surface area (Å²) in [7, 11) is 1.84. The minimum absolute atomic E-state index is 0.609. The predicted molar refractivity (Wildman–Crippen MR) is 87.9 cm³/mol. The van der Waals surface area contributed by atoms with Crippen LogP contribution in [0.4, 0.5) is 0 Å². The molecule has 2 rings (SSSR count). The summed E-state index contributed by atoms with van der Waals surface area (Å²) in [4.78, 5) is 4.28. The lowest BCUT2D eigenvalue weighted by molar-refractivity contribution is 0.307. The van der Waals surface area contributed by atoms with Crippen molar-refractivity contribution in [1.29, 1.82) is 0 Å². The third kappa shape index (κ3) is 6.06. The Morgan fingerprint density at radius 2 is 1.95 bits per heavy atom. The molecular weight excluding hydrogens is 262 g/mol. The Morgan fingerprint density at radius 3 is 2.67 bits per heavy atom. The molecule has 0 aliphatic heterocycles. The largest absolute Gasteiger partial charge is 0.494 e. The van der Waals surface area contributed by atoms with Crippen molar-refractivity contribution in [3.63, 3.8) is 0 Å². The number of guanidine groups is 1. The van der Waals surface area contributed by atoms with Crippen LogP contribution >= 0.6 is 0 Å². The van der Waals surface area contributed by atoms with Crippen molar-refractivity contribution in [2.45, 2.75) is 44.6 Å². The van der Waals surface area contributed by atoms with Crippen LogP contribution in [0.2, 0.25) is 0 Å². The molecule has 1 aromatic rings. The highest BCUT2D eigenvalue weighted by Gasteiger charge is 2.15. The normalized spacial score (nSPS) is 16.0. The van der Waals surface area contributed by atoms with E-state index in [9.17, 15) is 0 Å². The van der Waals surface area contributed by atoms with Gasteiger partial charge in [-0.3, -0.25) is 4.99 Å². The SMILES string of the molecule is CN=C(NCCCCOc1ccccc1)NC1CCCC1. The molecule has 1 aliphatic carbocycles. The third-order valence-corrected chi connectivity index (χ3v) is 3.80. The molecule has 1 saturated carbocycles. The standard InChI is InChI=1S/C17H27N3O/c1-18-17(20-15-9-5-6-10-15)19-13-7-8-14-21-16-11-3-2-4-12-16/h2-4,11-12,15H,5-10,13-14H2,1H3,(H2,18,19,20). The second-order valence-corrected chi connectivity index (χ2v) is 5.49. The molecular formula is C17H27N3O. The molecule has 2 N–H and O–H groups in total. The Balaban J connectivity index is 1.52. The quantitative estimate of drug-likeness (QED) is 0.461. The van der Waals surface area contributed by atoms with Gasteiger partial charge in [-0.1, -0.05) is 31.0 Å². The van der Waals surface area contributed by atoms with E-state index in [2.05, 4.69) is 15.6 Å². The van der Waals surface area contributed by atoms with Crippen LogP contribution in [0.5, 0.6) is 5.75 Å². The van der Waals surface area contributed by atoms with Crippen molar-refractivity contribution in [2.75, 3.05) is 20.2 Å². The van der Waals surface area contributed by atoms with E-state index in [1.165, 1.54) is 25.7 Å². The highest BCUT2D eigenvalue weighted by molar-refractivity contribution is 5.79. The fourth-order valence-corrected chi connectivity index (χ4v) is 2.60. The van der Waals surface area contributed by atoms with Crippen LogP contribution in [0.25, 0.3) is 0 Å². The number of ether oxygens (including phenoxy) is 1. The van der Waals surface area contributed by atoms with Gasteiger partial charge < -0.3 is 15.4 Å². The van der Waals surface area contributed by atoms with Crippen LogP contribution in [0.1, 0.15) is 38.5 Å². The van der Waals surface area contributed by atoms with Gasteiger partial charge in [0.05, 0.1) is 6.61 Å². The highest BCUT2D eigenvalue weighted by Crippen LogP contribution is 2.17. The van der Waals surface area contributed by atoms with E-state index in [1.54, 1.807) is 0 Å². The Bertz CT molecular complexity index is 413. The number of unbranched alkanes of at least 4 members (excludes halogenated alkanes) is 1. The average Bonchev–Trinajstić information content (AvgIpc) is 3.03. The van der Waals surface area contributed by atoms with Crippen molar-refractivity contribution in [3.8, 4) is 5.75 Å². The van der Waals surface area contributed by atoms with Crippen molar-refractivity contribution in [3.05, 3.63) is 30.3 Å². The first-order valence-corrected chi connectivity index (χ1v) is 8.03. The van der Waals surface area contributed by atoms with Gasteiger partial charge in [0.1, 0.15) is 5.75 Å². The van der Waals surface area contributed by atoms with Gasteiger partial charge in [-0.05, 0) is 37.8 Å². The van der Waals surface area contributed by atoms with E-state index in [-0.39, 0.29) is 0 Å². The molecule has 0 radical (unpaired) electrons. The molecule has 0 amide bonds. The van der Waals surface area contributed by atoms with Gasteiger partial charge in [-0.15, -0.1) is 0 Å². The van der Waals surface area contributed by atoms with E-state index in [0.29, 0.717) is 6.04 Å². The first-order chi connectivity index (χ1) is 10.4.